The molecule has 78 valence electrons. The maximum Gasteiger partial charge on any atom is 0.352 e. The Morgan fingerprint density at radius 3 is 2.93 bits per heavy atom. The van der Waals surface area contributed by atoms with Gasteiger partial charge in [0.15, 0.2) is 5.57 Å². The zero-order valence-corrected chi connectivity index (χ0v) is 8.06. The Hall–Kier alpha value is -2.22. The predicted molar refractivity (Wildman–Crippen MR) is 49.4 cm³/mol. The third-order valence-corrected chi connectivity index (χ3v) is 1.63. The molecule has 5 heteroatoms. The first kappa shape index (κ1) is 10.9. The van der Waals surface area contributed by atoms with Crippen LogP contribution in [0, 0.1) is 11.3 Å². The second-order valence-corrected chi connectivity index (χ2v) is 2.78. The molecule has 0 saturated heterocycles. The first-order valence-corrected chi connectivity index (χ1v) is 4.13. The quantitative estimate of drug-likeness (QED) is 0.353. The van der Waals surface area contributed by atoms with Crippen molar-refractivity contribution in [2.45, 2.75) is 13.5 Å². The molecule has 0 radical (unpaired) electrons. The van der Waals surface area contributed by atoms with E-state index in [1.165, 1.54) is 19.5 Å². The molecule has 1 rings (SSSR count). The summed E-state index contributed by atoms with van der Waals surface area (Å²) in [6.07, 6.45) is 2.87. The number of nitriles is 1. The van der Waals surface area contributed by atoms with Crippen molar-refractivity contribution in [2.75, 3.05) is 0 Å². The molecule has 0 amide bonds. The number of aliphatic hydroxyl groups excluding tert-OH is 1. The lowest BCUT2D eigenvalue weighted by Gasteiger charge is -2.01. The van der Waals surface area contributed by atoms with Crippen LogP contribution in [0.3, 0.4) is 0 Å². The van der Waals surface area contributed by atoms with E-state index >= 15 is 0 Å². The molecule has 1 aromatic heterocycles. The molecule has 0 aliphatic heterocycles. The number of allylic oxidation sites excluding steroid dienone is 1. The number of carbonyl (C=O) groups is 1. The second-order valence-electron chi connectivity index (χ2n) is 2.78. The summed E-state index contributed by atoms with van der Waals surface area (Å²) in [7, 11) is 0. The van der Waals surface area contributed by atoms with E-state index in [1.54, 1.807) is 12.1 Å². The van der Waals surface area contributed by atoms with Crippen molar-refractivity contribution in [3.05, 3.63) is 35.5 Å². The van der Waals surface area contributed by atoms with Crippen molar-refractivity contribution in [3.8, 4) is 6.07 Å². The van der Waals surface area contributed by atoms with Gasteiger partial charge in [-0.05, 0) is 13.0 Å². The summed E-state index contributed by atoms with van der Waals surface area (Å²) in [5.74, 6) is -1.20. The Balaban J connectivity index is 2.58. The molecule has 0 spiro atoms. The first-order valence-electron chi connectivity index (χ1n) is 4.13. The van der Waals surface area contributed by atoms with Crippen molar-refractivity contribution in [1.82, 2.24) is 0 Å². The number of nitrogens with zero attached hydrogens (tertiary/aromatic N) is 1. The molecule has 1 N–H and O–H groups in total. The summed E-state index contributed by atoms with van der Waals surface area (Å²) < 4.78 is 9.52. The van der Waals surface area contributed by atoms with Gasteiger partial charge >= 0.3 is 5.97 Å². The van der Waals surface area contributed by atoms with Gasteiger partial charge in [-0.15, -0.1) is 0 Å². The van der Waals surface area contributed by atoms with Crippen LogP contribution in [0.25, 0.3) is 0 Å². The summed E-state index contributed by atoms with van der Waals surface area (Å²) in [6.45, 7) is 1.26. The Morgan fingerprint density at radius 2 is 2.47 bits per heavy atom. The van der Waals surface area contributed by atoms with Crippen LogP contribution in [0.15, 0.2) is 34.3 Å². The number of hydrogen-bond acceptors (Lipinski definition) is 5. The van der Waals surface area contributed by atoms with E-state index in [0.29, 0.717) is 5.56 Å². The molecule has 1 aromatic rings. The summed E-state index contributed by atoms with van der Waals surface area (Å²) in [5, 5.41) is 17.5. The van der Waals surface area contributed by atoms with Crippen LogP contribution in [0.4, 0.5) is 0 Å². The van der Waals surface area contributed by atoms with Crippen LogP contribution in [0.1, 0.15) is 12.5 Å². The van der Waals surface area contributed by atoms with E-state index in [1.807, 2.05) is 0 Å². The topological polar surface area (TPSA) is 83.5 Å². The van der Waals surface area contributed by atoms with Gasteiger partial charge in [0.2, 0.25) is 0 Å². The molecule has 0 saturated carbocycles. The molecule has 0 aromatic carbocycles. The van der Waals surface area contributed by atoms with Gasteiger partial charge in [-0.2, -0.15) is 5.26 Å². The molecular weight excluding hydrogens is 198 g/mol. The standard InChI is InChI=1S/C10H9NO4/c1-7(12)9(4-11)10(13)15-6-8-2-3-14-5-8/h2-3,5,12H,6H2,1H3/b9-7-. The highest BCUT2D eigenvalue weighted by Crippen LogP contribution is 2.06. The van der Waals surface area contributed by atoms with E-state index in [2.05, 4.69) is 0 Å². The monoisotopic (exact) mass is 207 g/mol. The molecule has 0 atom stereocenters. The van der Waals surface area contributed by atoms with Gasteiger partial charge in [-0.25, -0.2) is 4.79 Å². The average molecular weight is 207 g/mol. The van der Waals surface area contributed by atoms with E-state index < -0.39 is 11.5 Å². The van der Waals surface area contributed by atoms with Crippen LogP contribution >= 0.6 is 0 Å². The van der Waals surface area contributed by atoms with Crippen molar-refractivity contribution in [1.29, 1.82) is 5.26 Å². The van der Waals surface area contributed by atoms with Gasteiger partial charge < -0.3 is 14.3 Å². The highest BCUT2D eigenvalue weighted by Gasteiger charge is 2.14. The number of esters is 1. The number of furan rings is 1. The SMILES string of the molecule is C/C(O)=C(\C#N)C(=O)OCc1ccoc1. The normalized spacial score (nSPS) is 11.5. The average Bonchev–Trinajstić information content (AvgIpc) is 2.67. The highest BCUT2D eigenvalue weighted by molar-refractivity contribution is 5.93. The van der Waals surface area contributed by atoms with Crippen LogP contribution in [-0.2, 0) is 16.1 Å². The largest absolute Gasteiger partial charge is 0.511 e. The van der Waals surface area contributed by atoms with E-state index in [9.17, 15) is 4.79 Å². The summed E-state index contributed by atoms with van der Waals surface area (Å²) in [6, 6.07) is 3.20. The third kappa shape index (κ3) is 2.88. The Labute approximate surface area is 86.2 Å². The Morgan fingerprint density at radius 1 is 1.73 bits per heavy atom. The lowest BCUT2D eigenvalue weighted by atomic mass is 10.2. The van der Waals surface area contributed by atoms with Gasteiger partial charge in [0.25, 0.3) is 0 Å². The smallest absolute Gasteiger partial charge is 0.352 e. The van der Waals surface area contributed by atoms with Crippen molar-refractivity contribution < 1.29 is 19.1 Å². The summed E-state index contributed by atoms with van der Waals surface area (Å²) >= 11 is 0. The lowest BCUT2D eigenvalue weighted by Crippen LogP contribution is -2.08. The van der Waals surface area contributed by atoms with Crippen molar-refractivity contribution in [3.63, 3.8) is 0 Å². The van der Waals surface area contributed by atoms with Crippen LogP contribution in [-0.4, -0.2) is 11.1 Å². The second kappa shape index (κ2) is 4.86. The minimum absolute atomic E-state index is 0.00773. The van der Waals surface area contributed by atoms with E-state index in [-0.39, 0.29) is 12.4 Å². The maximum atomic E-state index is 11.2. The molecule has 15 heavy (non-hydrogen) atoms. The molecule has 5 nitrogen and oxygen atoms in total. The number of rotatable bonds is 3. The zero-order valence-electron chi connectivity index (χ0n) is 8.06. The number of carbonyl (C=O) groups excluding carboxylic acids is 1. The first-order chi connectivity index (χ1) is 7.15. The Bertz CT molecular complexity index is 407. The van der Waals surface area contributed by atoms with Crippen LogP contribution in [0.2, 0.25) is 0 Å². The lowest BCUT2D eigenvalue weighted by molar-refractivity contribution is -0.140. The molecule has 0 unspecified atom stereocenters. The van der Waals surface area contributed by atoms with Gasteiger partial charge in [0.1, 0.15) is 18.4 Å². The van der Waals surface area contributed by atoms with Crippen LogP contribution in [0.5, 0.6) is 0 Å². The fraction of sp³-hybridized carbons (Fsp3) is 0.200. The summed E-state index contributed by atoms with van der Waals surface area (Å²) in [4.78, 5) is 11.2. The molecule has 0 aliphatic rings. The van der Waals surface area contributed by atoms with Gasteiger partial charge in [-0.1, -0.05) is 0 Å². The van der Waals surface area contributed by atoms with Gasteiger partial charge in [0.05, 0.1) is 12.5 Å². The molecular formula is C10H9NO4. The highest BCUT2D eigenvalue weighted by atomic mass is 16.5. The number of hydrogen-bond donors (Lipinski definition) is 1. The minimum atomic E-state index is -0.848. The number of aliphatic hydroxyl groups is 1. The summed E-state index contributed by atoms with van der Waals surface area (Å²) in [5.41, 5.74) is 0.287. The van der Waals surface area contributed by atoms with Crippen molar-refractivity contribution in [2.24, 2.45) is 0 Å². The van der Waals surface area contributed by atoms with E-state index in [0.717, 1.165) is 0 Å². The van der Waals surface area contributed by atoms with Crippen molar-refractivity contribution >= 4 is 5.97 Å². The van der Waals surface area contributed by atoms with Gasteiger partial charge in [0, 0.05) is 5.56 Å². The fourth-order valence-electron chi connectivity index (χ4n) is 0.870. The number of ether oxygens (including phenoxy) is 1. The maximum absolute atomic E-state index is 11.2. The van der Waals surface area contributed by atoms with Crippen LogP contribution < -0.4 is 0 Å². The minimum Gasteiger partial charge on any atom is -0.511 e. The van der Waals surface area contributed by atoms with Gasteiger partial charge in [-0.3, -0.25) is 0 Å². The predicted octanol–water partition coefficient (Wildman–Crippen LogP) is 1.68. The molecule has 0 fully saturated rings. The fourth-order valence-corrected chi connectivity index (χ4v) is 0.870. The molecule has 0 aliphatic carbocycles. The Kier molecular flexibility index (Phi) is 3.52. The zero-order chi connectivity index (χ0) is 11.3. The van der Waals surface area contributed by atoms with E-state index in [4.69, 9.17) is 19.5 Å². The molecule has 1 heterocycles. The molecule has 0 bridgehead atoms. The third-order valence-electron chi connectivity index (χ3n) is 1.63.